The number of para-hydroxylation sites is 1. The maximum Gasteiger partial charge on any atom is 0.335 e. The molecule has 3 rings (SSSR count). The van der Waals surface area contributed by atoms with Gasteiger partial charge in [-0.25, -0.2) is 9.59 Å². The van der Waals surface area contributed by atoms with Gasteiger partial charge in [0.25, 0.3) is 0 Å². The fourth-order valence-corrected chi connectivity index (χ4v) is 1.82. The summed E-state index contributed by atoms with van der Waals surface area (Å²) in [5, 5.41) is 27.4. The van der Waals surface area contributed by atoms with E-state index >= 15 is 0 Å². The Hall–Kier alpha value is -3.22. The van der Waals surface area contributed by atoms with Crippen molar-refractivity contribution in [2.45, 2.75) is 6.92 Å². The predicted octanol–water partition coefficient (Wildman–Crippen LogP) is 2.35. The molecule has 0 aliphatic rings. The minimum Gasteiger partial charge on any atom is -0.478 e. The molecule has 0 saturated heterocycles. The first kappa shape index (κ1) is 15.2. The first-order valence-corrected chi connectivity index (χ1v) is 6.31. The number of rotatable bonds is 2. The molecule has 1 heterocycles. The highest BCUT2D eigenvalue weighted by atomic mass is 16.4. The van der Waals surface area contributed by atoms with E-state index in [4.69, 9.17) is 10.2 Å². The van der Waals surface area contributed by atoms with Gasteiger partial charge in [0.05, 0.1) is 16.6 Å². The quantitative estimate of drug-likeness (QED) is 0.668. The number of fused-ring (bicyclic) bond motifs is 1. The number of aromatic carboxylic acids is 2. The molecule has 3 N–H and O–H groups in total. The molecule has 3 aromatic rings. The summed E-state index contributed by atoms with van der Waals surface area (Å²) < 4.78 is 0. The van der Waals surface area contributed by atoms with Crippen LogP contribution in [0.4, 0.5) is 0 Å². The average Bonchev–Trinajstić information content (AvgIpc) is 2.95. The number of carboxylic acids is 2. The SMILES string of the molecule is Cc1cc(C(=O)O)cc(C(=O)O)c1.c1ccc2[nH]nnc2c1. The highest BCUT2D eigenvalue weighted by molar-refractivity contribution is 5.94. The largest absolute Gasteiger partial charge is 0.478 e. The summed E-state index contributed by atoms with van der Waals surface area (Å²) in [6.45, 7) is 1.65. The zero-order valence-corrected chi connectivity index (χ0v) is 11.6. The smallest absolute Gasteiger partial charge is 0.335 e. The monoisotopic (exact) mass is 299 g/mol. The first-order chi connectivity index (χ1) is 10.5. The molecule has 0 aliphatic carbocycles. The summed E-state index contributed by atoms with van der Waals surface area (Å²) in [6.07, 6.45) is 0. The summed E-state index contributed by atoms with van der Waals surface area (Å²) in [5.41, 5.74) is 2.52. The van der Waals surface area contributed by atoms with Crippen molar-refractivity contribution in [3.63, 3.8) is 0 Å². The van der Waals surface area contributed by atoms with E-state index in [0.717, 1.165) is 17.1 Å². The summed E-state index contributed by atoms with van der Waals surface area (Å²) >= 11 is 0. The summed E-state index contributed by atoms with van der Waals surface area (Å²) in [5.74, 6) is -2.24. The van der Waals surface area contributed by atoms with Gasteiger partial charge in [0.15, 0.2) is 0 Å². The van der Waals surface area contributed by atoms with Gasteiger partial charge in [-0.15, -0.1) is 5.10 Å². The third-order valence-electron chi connectivity index (χ3n) is 2.80. The lowest BCUT2D eigenvalue weighted by Gasteiger charge is -1.99. The van der Waals surface area contributed by atoms with Gasteiger partial charge in [-0.05, 0) is 42.8 Å². The van der Waals surface area contributed by atoms with E-state index in [1.54, 1.807) is 6.92 Å². The second-order valence-corrected chi connectivity index (χ2v) is 4.53. The van der Waals surface area contributed by atoms with Crippen LogP contribution in [-0.2, 0) is 0 Å². The second kappa shape index (κ2) is 6.49. The molecule has 0 amide bonds. The molecule has 22 heavy (non-hydrogen) atoms. The average molecular weight is 299 g/mol. The van der Waals surface area contributed by atoms with Crippen molar-refractivity contribution >= 4 is 23.0 Å². The zero-order valence-electron chi connectivity index (χ0n) is 11.6. The maximum atomic E-state index is 10.5. The molecule has 0 unspecified atom stereocenters. The van der Waals surface area contributed by atoms with Gasteiger partial charge >= 0.3 is 11.9 Å². The summed E-state index contributed by atoms with van der Waals surface area (Å²) in [6, 6.07) is 11.7. The van der Waals surface area contributed by atoms with E-state index in [2.05, 4.69) is 15.4 Å². The van der Waals surface area contributed by atoms with Crippen molar-refractivity contribution in [3.8, 4) is 0 Å². The molecule has 0 aliphatic heterocycles. The van der Waals surface area contributed by atoms with Crippen LogP contribution in [0.3, 0.4) is 0 Å². The molecule has 112 valence electrons. The van der Waals surface area contributed by atoms with Crippen molar-refractivity contribution in [2.24, 2.45) is 0 Å². The van der Waals surface area contributed by atoms with Crippen LogP contribution < -0.4 is 0 Å². The predicted molar refractivity (Wildman–Crippen MR) is 79.0 cm³/mol. The van der Waals surface area contributed by atoms with E-state index in [-0.39, 0.29) is 11.1 Å². The molecule has 0 spiro atoms. The lowest BCUT2D eigenvalue weighted by Crippen LogP contribution is -2.02. The van der Waals surface area contributed by atoms with Gasteiger partial charge in [0, 0.05) is 0 Å². The van der Waals surface area contributed by atoms with Crippen molar-refractivity contribution < 1.29 is 19.8 Å². The Morgan fingerprint density at radius 3 is 2.14 bits per heavy atom. The van der Waals surface area contributed by atoms with Crippen LogP contribution in [0.5, 0.6) is 0 Å². The summed E-state index contributed by atoms with van der Waals surface area (Å²) in [7, 11) is 0. The minimum atomic E-state index is -1.12. The lowest BCUT2D eigenvalue weighted by molar-refractivity contribution is 0.0696. The Kier molecular flexibility index (Phi) is 4.47. The number of hydrogen-bond acceptors (Lipinski definition) is 4. The van der Waals surface area contributed by atoms with Gasteiger partial charge in [-0.3, -0.25) is 5.10 Å². The second-order valence-electron chi connectivity index (χ2n) is 4.53. The lowest BCUT2D eigenvalue weighted by atomic mass is 10.1. The highest BCUT2D eigenvalue weighted by Gasteiger charge is 2.09. The number of nitrogens with zero attached hydrogens (tertiary/aromatic N) is 2. The number of aryl methyl sites for hydroxylation is 1. The number of carboxylic acid groups (broad SMARTS) is 2. The minimum absolute atomic E-state index is 0.00241. The van der Waals surface area contributed by atoms with Crippen LogP contribution in [0.2, 0.25) is 0 Å². The van der Waals surface area contributed by atoms with Crippen molar-refractivity contribution in [1.29, 1.82) is 0 Å². The number of hydrogen-bond donors (Lipinski definition) is 3. The number of H-pyrrole nitrogens is 1. The molecular weight excluding hydrogens is 286 g/mol. The van der Waals surface area contributed by atoms with Gasteiger partial charge in [0.1, 0.15) is 5.52 Å². The normalized spacial score (nSPS) is 9.86. The van der Waals surface area contributed by atoms with Crippen LogP contribution >= 0.6 is 0 Å². The Balaban J connectivity index is 0.000000170. The molecule has 1 aromatic heterocycles. The first-order valence-electron chi connectivity index (χ1n) is 6.31. The van der Waals surface area contributed by atoms with Crippen molar-refractivity contribution in [3.05, 3.63) is 59.2 Å². The highest BCUT2D eigenvalue weighted by Crippen LogP contribution is 2.09. The summed E-state index contributed by atoms with van der Waals surface area (Å²) in [4.78, 5) is 21.1. The molecule has 0 fully saturated rings. The van der Waals surface area contributed by atoms with Crippen LogP contribution in [-0.4, -0.2) is 37.6 Å². The molecule has 7 heteroatoms. The van der Waals surface area contributed by atoms with Crippen LogP contribution in [0, 0.1) is 6.92 Å². The fourth-order valence-electron chi connectivity index (χ4n) is 1.82. The Labute approximate surface area is 125 Å². The molecule has 0 bridgehead atoms. The van der Waals surface area contributed by atoms with Crippen molar-refractivity contribution in [2.75, 3.05) is 0 Å². The van der Waals surface area contributed by atoms with Gasteiger partial charge < -0.3 is 10.2 Å². The zero-order chi connectivity index (χ0) is 16.1. The van der Waals surface area contributed by atoms with Crippen LogP contribution in [0.25, 0.3) is 11.0 Å². The van der Waals surface area contributed by atoms with Crippen LogP contribution in [0.15, 0.2) is 42.5 Å². The third kappa shape index (κ3) is 3.66. The molecule has 0 atom stereocenters. The Morgan fingerprint density at radius 1 is 1.00 bits per heavy atom. The number of aromatic amines is 1. The number of carbonyl (C=O) groups is 2. The number of aromatic nitrogens is 3. The van der Waals surface area contributed by atoms with Crippen LogP contribution in [0.1, 0.15) is 26.3 Å². The molecule has 0 saturated carbocycles. The van der Waals surface area contributed by atoms with E-state index in [9.17, 15) is 9.59 Å². The van der Waals surface area contributed by atoms with E-state index in [1.807, 2.05) is 24.3 Å². The molecule has 7 nitrogen and oxygen atoms in total. The van der Waals surface area contributed by atoms with E-state index in [1.165, 1.54) is 12.1 Å². The fraction of sp³-hybridized carbons (Fsp3) is 0.0667. The molecule has 2 aromatic carbocycles. The Morgan fingerprint density at radius 2 is 1.59 bits per heavy atom. The third-order valence-corrected chi connectivity index (χ3v) is 2.80. The topological polar surface area (TPSA) is 116 Å². The maximum absolute atomic E-state index is 10.5. The standard InChI is InChI=1S/C9H8O4.C6H5N3/c1-5-2-6(8(10)11)4-7(3-5)9(12)13;1-2-4-6-5(3-1)7-9-8-6/h2-4H,1H3,(H,10,11)(H,12,13);1-4H,(H,7,8,9). The Bertz CT molecular complexity index is 764. The molecular formula is C15H13N3O4. The number of nitrogens with one attached hydrogen (secondary N) is 1. The van der Waals surface area contributed by atoms with Gasteiger partial charge in [-0.2, -0.15) is 0 Å². The molecule has 0 radical (unpaired) electrons. The van der Waals surface area contributed by atoms with Gasteiger partial charge in [0.2, 0.25) is 0 Å². The number of benzene rings is 2. The van der Waals surface area contributed by atoms with Gasteiger partial charge in [-0.1, -0.05) is 17.3 Å². The van der Waals surface area contributed by atoms with Crippen molar-refractivity contribution in [1.82, 2.24) is 15.4 Å². The van der Waals surface area contributed by atoms with E-state index in [0.29, 0.717) is 5.56 Å². The van der Waals surface area contributed by atoms with E-state index < -0.39 is 11.9 Å².